The van der Waals surface area contributed by atoms with Crippen LogP contribution in [0, 0.1) is 0 Å². The van der Waals surface area contributed by atoms with Gasteiger partial charge in [-0.2, -0.15) is 0 Å². The molecule has 1 unspecified atom stereocenters. The summed E-state index contributed by atoms with van der Waals surface area (Å²) in [6, 6.07) is 12.0. The van der Waals surface area contributed by atoms with Crippen molar-refractivity contribution in [3.8, 4) is 11.3 Å². The Morgan fingerprint density at radius 1 is 1.00 bits per heavy atom. The molecule has 1 aliphatic carbocycles. The van der Waals surface area contributed by atoms with Crippen molar-refractivity contribution in [3.05, 3.63) is 82.6 Å². The lowest BCUT2D eigenvalue weighted by Gasteiger charge is -2.30. The Hall–Kier alpha value is -3.86. The van der Waals surface area contributed by atoms with Crippen molar-refractivity contribution in [1.82, 2.24) is 4.58 Å². The maximum Gasteiger partial charge on any atom is 0.303 e. The van der Waals surface area contributed by atoms with Gasteiger partial charge in [-0.15, -0.1) is 0 Å². The SMILES string of the molecule is COCC[N+](CCOC)=c1ccc2c(/C=C/C=C3\N(CCCS(=O)(=O)[O-])c4ccc(S(=O)(=O)[O-])cc4C3(C)CCCC(=O)O)cc(C(C)(C)C)oc-2c1. The van der Waals surface area contributed by atoms with Gasteiger partial charge in [0.2, 0.25) is 5.36 Å². The van der Waals surface area contributed by atoms with Gasteiger partial charge in [-0.05, 0) is 73.7 Å². The molecule has 0 radical (unpaired) electrons. The van der Waals surface area contributed by atoms with E-state index in [0.717, 1.165) is 22.2 Å². The molecule has 0 aromatic heterocycles. The van der Waals surface area contributed by atoms with Crippen LogP contribution in [0.4, 0.5) is 5.69 Å². The number of anilines is 1. The first-order chi connectivity index (χ1) is 24.8. The lowest BCUT2D eigenvalue weighted by Crippen LogP contribution is -2.35. The summed E-state index contributed by atoms with van der Waals surface area (Å²) < 4.78 is 90.1. The van der Waals surface area contributed by atoms with Crippen molar-refractivity contribution in [2.45, 2.75) is 69.1 Å². The van der Waals surface area contributed by atoms with Gasteiger partial charge in [0, 0.05) is 66.8 Å². The minimum Gasteiger partial charge on any atom is -0.748 e. The average Bonchev–Trinajstić information content (AvgIpc) is 3.29. The van der Waals surface area contributed by atoms with Gasteiger partial charge in [0.05, 0.1) is 21.1 Å². The number of aliphatic carboxylic acids is 1. The van der Waals surface area contributed by atoms with Crippen LogP contribution in [0.1, 0.15) is 70.3 Å². The van der Waals surface area contributed by atoms with Crippen LogP contribution in [0.15, 0.2) is 69.6 Å². The third-order valence-corrected chi connectivity index (χ3v) is 11.0. The highest BCUT2D eigenvalue weighted by Crippen LogP contribution is 2.51. The third kappa shape index (κ3) is 10.6. The van der Waals surface area contributed by atoms with Crippen molar-refractivity contribution in [2.24, 2.45) is 0 Å². The maximum absolute atomic E-state index is 12.1. The number of benzene rings is 2. The number of allylic oxidation sites excluding steroid dienone is 3. The van der Waals surface area contributed by atoms with Gasteiger partial charge >= 0.3 is 5.97 Å². The molecule has 1 atom stereocenters. The molecule has 290 valence electrons. The number of carboxylic acids is 1. The van der Waals surface area contributed by atoms with E-state index in [-0.39, 0.29) is 37.6 Å². The maximum atomic E-state index is 12.1. The molecule has 0 spiro atoms. The number of rotatable bonds is 17. The van der Waals surface area contributed by atoms with Crippen molar-refractivity contribution in [1.29, 1.82) is 0 Å². The van der Waals surface area contributed by atoms with Gasteiger partial charge in [0.1, 0.15) is 34.9 Å². The van der Waals surface area contributed by atoms with Crippen LogP contribution in [0.2, 0.25) is 0 Å². The largest absolute Gasteiger partial charge is 0.748 e. The van der Waals surface area contributed by atoms with Gasteiger partial charge in [0.15, 0.2) is 13.1 Å². The minimum atomic E-state index is -4.83. The van der Waals surface area contributed by atoms with Gasteiger partial charge in [-0.25, -0.2) is 21.4 Å². The fourth-order valence-corrected chi connectivity index (χ4v) is 7.58. The van der Waals surface area contributed by atoms with E-state index in [4.69, 9.17) is 13.9 Å². The normalized spacial score (nSPS) is 17.3. The number of nitrogens with zero attached hydrogens (tertiary/aromatic N) is 2. The number of fused-ring (bicyclic) bond motifs is 2. The molecule has 1 aromatic rings. The molecule has 0 fully saturated rings. The van der Waals surface area contributed by atoms with E-state index in [9.17, 15) is 35.8 Å². The van der Waals surface area contributed by atoms with Crippen molar-refractivity contribution >= 4 is 38.0 Å². The molecule has 1 N–H and O–H groups in total. The Morgan fingerprint density at radius 2 is 1.68 bits per heavy atom. The Kier molecular flexibility index (Phi) is 13.5. The van der Waals surface area contributed by atoms with Crippen molar-refractivity contribution in [2.75, 3.05) is 57.7 Å². The Bertz CT molecular complexity index is 2100. The molecular formula is C38H49N2O11S2-. The summed E-state index contributed by atoms with van der Waals surface area (Å²) in [7, 11) is -6.04. The number of ether oxygens (including phenoxy) is 2. The first-order valence-electron chi connectivity index (χ1n) is 17.3. The number of methoxy groups -OCH3 is 2. The van der Waals surface area contributed by atoms with Crippen molar-refractivity contribution < 1.29 is 49.7 Å². The first-order valence-corrected chi connectivity index (χ1v) is 20.3. The second-order valence-electron chi connectivity index (χ2n) is 14.4. The highest BCUT2D eigenvalue weighted by Gasteiger charge is 2.43. The summed E-state index contributed by atoms with van der Waals surface area (Å²) in [6.45, 7) is 10.4. The van der Waals surface area contributed by atoms with E-state index in [1.165, 1.54) is 18.2 Å². The molecule has 0 saturated carbocycles. The van der Waals surface area contributed by atoms with E-state index in [0.29, 0.717) is 49.0 Å². The quantitative estimate of drug-likeness (QED) is 0.149. The van der Waals surface area contributed by atoms with Crippen LogP contribution >= 0.6 is 0 Å². The Labute approximate surface area is 312 Å². The van der Waals surface area contributed by atoms with Crippen LogP contribution in [-0.2, 0) is 45.3 Å². The molecule has 0 saturated heterocycles. The number of hydrogen-bond donors (Lipinski definition) is 1. The van der Waals surface area contributed by atoms with Gasteiger partial charge in [-0.3, -0.25) is 4.79 Å². The van der Waals surface area contributed by atoms with Crippen LogP contribution in [0.25, 0.3) is 17.4 Å². The number of hydrogen-bond acceptors (Lipinski definition) is 11. The van der Waals surface area contributed by atoms with Crippen LogP contribution < -0.4 is 14.8 Å². The van der Waals surface area contributed by atoms with Crippen LogP contribution in [0.5, 0.6) is 0 Å². The standard InChI is InChI=1S/C38H50N2O11S2/c1-37(2,3)35-24-27(30-15-13-28(25-33(30)51-35)39(19-21-49-5)20-22-50-6)10-7-11-34-38(4,17-8-12-36(41)42)31-26-29(53(46,47)48)14-16-32(31)40(34)18-9-23-52(43,44)45/h7,10-11,13-16,24-26H,8-9,12,17-23H2,1-6H3,(H2-,41,42,43,44,45,46,47,48)/p-1. The minimum absolute atomic E-state index is 0.0208. The second-order valence-corrected chi connectivity index (χ2v) is 17.3. The lowest BCUT2D eigenvalue weighted by molar-refractivity contribution is -0.137. The van der Waals surface area contributed by atoms with Crippen LogP contribution in [0.3, 0.4) is 0 Å². The zero-order valence-electron chi connectivity index (χ0n) is 31.1. The van der Waals surface area contributed by atoms with Gasteiger partial charge < -0.3 is 33.0 Å². The van der Waals surface area contributed by atoms with E-state index in [1.807, 2.05) is 54.3 Å². The Morgan fingerprint density at radius 3 is 2.26 bits per heavy atom. The molecule has 15 heteroatoms. The van der Waals surface area contributed by atoms with Crippen LogP contribution in [-0.4, -0.2) is 89.8 Å². The summed E-state index contributed by atoms with van der Waals surface area (Å²) in [5, 5.41) is 10.4. The first kappa shape index (κ1) is 41.9. The summed E-state index contributed by atoms with van der Waals surface area (Å²) >= 11 is 0. The predicted molar refractivity (Wildman–Crippen MR) is 200 cm³/mol. The van der Waals surface area contributed by atoms with E-state index >= 15 is 0 Å². The summed E-state index contributed by atoms with van der Waals surface area (Å²) in [5.74, 6) is -0.199. The fraction of sp³-hybridized carbons (Fsp3) is 0.474. The molecule has 53 heavy (non-hydrogen) atoms. The average molecular weight is 774 g/mol. The molecule has 13 nitrogen and oxygen atoms in total. The second kappa shape index (κ2) is 17.1. The third-order valence-electron chi connectivity index (χ3n) is 9.39. The highest BCUT2D eigenvalue weighted by atomic mass is 32.2. The molecule has 3 aliphatic rings. The smallest absolute Gasteiger partial charge is 0.303 e. The van der Waals surface area contributed by atoms with Gasteiger partial charge in [-0.1, -0.05) is 32.9 Å². The lowest BCUT2D eigenvalue weighted by atomic mass is 9.77. The summed E-state index contributed by atoms with van der Waals surface area (Å²) in [6.07, 6.45) is 5.92. The summed E-state index contributed by atoms with van der Waals surface area (Å²) in [4.78, 5) is 12.9. The Balaban J connectivity index is 1.90. The molecule has 4 rings (SSSR count). The zero-order chi connectivity index (χ0) is 39.2. The van der Waals surface area contributed by atoms with Gasteiger partial charge in [0.25, 0.3) is 0 Å². The van der Waals surface area contributed by atoms with Crippen molar-refractivity contribution in [3.63, 3.8) is 0 Å². The fourth-order valence-electron chi connectivity index (χ4n) is 6.60. The number of carbonyl (C=O) groups is 1. The zero-order valence-corrected chi connectivity index (χ0v) is 32.7. The topological polar surface area (TPSA) is 190 Å². The van der Waals surface area contributed by atoms with E-state index in [2.05, 4.69) is 25.3 Å². The van der Waals surface area contributed by atoms with E-state index in [1.54, 1.807) is 14.2 Å². The summed E-state index contributed by atoms with van der Waals surface area (Å²) in [5.41, 5.74) is 2.04. The molecular weight excluding hydrogens is 725 g/mol. The highest BCUT2D eigenvalue weighted by molar-refractivity contribution is 7.86. The molecule has 1 aromatic carbocycles. The number of carboxylic acid groups (broad SMARTS) is 1. The van der Waals surface area contributed by atoms with E-state index < -0.39 is 42.3 Å². The molecule has 2 aliphatic heterocycles. The molecule has 0 amide bonds. The predicted octanol–water partition coefficient (Wildman–Crippen LogP) is 4.52. The molecule has 2 heterocycles. The molecule has 0 bridgehead atoms. The monoisotopic (exact) mass is 773 g/mol.